The molecule has 2 N–H and O–H groups in total. The van der Waals surface area contributed by atoms with Crippen molar-refractivity contribution in [3.63, 3.8) is 0 Å². The van der Waals surface area contributed by atoms with E-state index >= 15 is 0 Å². The summed E-state index contributed by atoms with van der Waals surface area (Å²) >= 11 is 0. The van der Waals surface area contributed by atoms with Crippen molar-refractivity contribution in [1.82, 2.24) is 10.3 Å². The van der Waals surface area contributed by atoms with E-state index in [1.165, 1.54) is 0 Å². The minimum atomic E-state index is -0.132. The standard InChI is InChI=1S/C16H28N2O/c1-3-14(2)13-16(19)8-6-10-17-12-9-15-7-4-5-11-18-15/h4-5,7,11,14,16-17,19H,3,6,8-10,12-13H2,1-2H3. The molecule has 1 rings (SSSR count). The van der Waals surface area contributed by atoms with Gasteiger partial charge in [-0.25, -0.2) is 0 Å². The molecule has 0 aliphatic rings. The van der Waals surface area contributed by atoms with E-state index in [0.717, 1.165) is 50.9 Å². The highest BCUT2D eigenvalue weighted by atomic mass is 16.3. The van der Waals surface area contributed by atoms with E-state index in [2.05, 4.69) is 30.2 Å². The third kappa shape index (κ3) is 7.96. The summed E-state index contributed by atoms with van der Waals surface area (Å²) in [6, 6.07) is 6.01. The first-order valence-corrected chi connectivity index (χ1v) is 7.51. The average Bonchev–Trinajstić information content (AvgIpc) is 2.43. The average molecular weight is 264 g/mol. The Morgan fingerprint density at radius 2 is 2.16 bits per heavy atom. The number of nitrogens with zero attached hydrogens (tertiary/aromatic N) is 1. The van der Waals surface area contributed by atoms with Crippen molar-refractivity contribution in [3.05, 3.63) is 30.1 Å². The molecule has 0 amide bonds. The third-order valence-electron chi connectivity index (χ3n) is 3.55. The smallest absolute Gasteiger partial charge is 0.0543 e. The highest BCUT2D eigenvalue weighted by Crippen LogP contribution is 2.12. The fraction of sp³-hybridized carbons (Fsp3) is 0.688. The zero-order chi connectivity index (χ0) is 13.9. The summed E-state index contributed by atoms with van der Waals surface area (Å²) in [5.74, 6) is 0.632. The van der Waals surface area contributed by atoms with Gasteiger partial charge in [0.15, 0.2) is 0 Å². The lowest BCUT2D eigenvalue weighted by atomic mass is 9.98. The second-order valence-corrected chi connectivity index (χ2v) is 5.37. The first-order valence-electron chi connectivity index (χ1n) is 7.51. The van der Waals surface area contributed by atoms with E-state index in [9.17, 15) is 5.11 Å². The summed E-state index contributed by atoms with van der Waals surface area (Å²) in [6.07, 6.45) is 6.70. The van der Waals surface area contributed by atoms with Crippen LogP contribution in [-0.4, -0.2) is 29.3 Å². The second kappa shape index (κ2) is 9.93. The van der Waals surface area contributed by atoms with Gasteiger partial charge in [0.2, 0.25) is 0 Å². The van der Waals surface area contributed by atoms with Gasteiger partial charge in [-0.05, 0) is 43.9 Å². The van der Waals surface area contributed by atoms with Gasteiger partial charge >= 0.3 is 0 Å². The third-order valence-corrected chi connectivity index (χ3v) is 3.55. The number of aliphatic hydroxyl groups excluding tert-OH is 1. The molecule has 0 spiro atoms. The highest BCUT2D eigenvalue weighted by molar-refractivity contribution is 5.03. The van der Waals surface area contributed by atoms with Gasteiger partial charge in [0.1, 0.15) is 0 Å². The molecule has 1 aromatic heterocycles. The van der Waals surface area contributed by atoms with Crippen molar-refractivity contribution < 1.29 is 5.11 Å². The van der Waals surface area contributed by atoms with Crippen molar-refractivity contribution in [2.24, 2.45) is 5.92 Å². The van der Waals surface area contributed by atoms with Crippen LogP contribution < -0.4 is 5.32 Å². The van der Waals surface area contributed by atoms with E-state index in [1.807, 2.05) is 18.3 Å². The molecule has 0 radical (unpaired) electrons. The lowest BCUT2D eigenvalue weighted by Crippen LogP contribution is -2.21. The minimum Gasteiger partial charge on any atom is -0.393 e. The molecule has 0 aliphatic carbocycles. The van der Waals surface area contributed by atoms with Crippen LogP contribution in [0.2, 0.25) is 0 Å². The van der Waals surface area contributed by atoms with Crippen LogP contribution in [0.3, 0.4) is 0 Å². The molecule has 0 saturated carbocycles. The first kappa shape index (κ1) is 16.1. The van der Waals surface area contributed by atoms with Crippen molar-refractivity contribution in [2.75, 3.05) is 13.1 Å². The predicted molar refractivity (Wildman–Crippen MR) is 80.1 cm³/mol. The van der Waals surface area contributed by atoms with Crippen molar-refractivity contribution in [1.29, 1.82) is 0 Å². The predicted octanol–water partition coefficient (Wildman–Crippen LogP) is 2.79. The highest BCUT2D eigenvalue weighted by Gasteiger charge is 2.08. The van der Waals surface area contributed by atoms with Crippen LogP contribution in [0.5, 0.6) is 0 Å². The van der Waals surface area contributed by atoms with E-state index in [0.29, 0.717) is 5.92 Å². The molecule has 2 unspecified atom stereocenters. The summed E-state index contributed by atoms with van der Waals surface area (Å²) in [7, 11) is 0. The normalized spacial score (nSPS) is 14.3. The zero-order valence-corrected chi connectivity index (χ0v) is 12.3. The quantitative estimate of drug-likeness (QED) is 0.639. The van der Waals surface area contributed by atoms with Crippen LogP contribution in [-0.2, 0) is 6.42 Å². The van der Waals surface area contributed by atoms with E-state index in [1.54, 1.807) is 0 Å². The number of hydrogen-bond acceptors (Lipinski definition) is 3. The molecular weight excluding hydrogens is 236 g/mol. The van der Waals surface area contributed by atoms with Crippen LogP contribution in [0, 0.1) is 5.92 Å². The van der Waals surface area contributed by atoms with E-state index in [4.69, 9.17) is 0 Å². The Kier molecular flexibility index (Phi) is 8.43. The SMILES string of the molecule is CCC(C)CC(O)CCCNCCc1ccccn1. The molecule has 0 bridgehead atoms. The molecule has 3 heteroatoms. The van der Waals surface area contributed by atoms with Crippen molar-refractivity contribution >= 4 is 0 Å². The van der Waals surface area contributed by atoms with Gasteiger partial charge in [-0.15, -0.1) is 0 Å². The molecule has 1 aromatic rings. The Hall–Kier alpha value is -0.930. The van der Waals surface area contributed by atoms with E-state index < -0.39 is 0 Å². The van der Waals surface area contributed by atoms with Crippen LogP contribution >= 0.6 is 0 Å². The monoisotopic (exact) mass is 264 g/mol. The fourth-order valence-corrected chi connectivity index (χ4v) is 2.10. The molecule has 3 nitrogen and oxygen atoms in total. The lowest BCUT2D eigenvalue weighted by molar-refractivity contribution is 0.133. The Balaban J connectivity index is 1.96. The Bertz CT molecular complexity index is 316. The molecular formula is C16H28N2O. The summed E-state index contributed by atoms with van der Waals surface area (Å²) in [5, 5.41) is 13.3. The Morgan fingerprint density at radius 1 is 1.32 bits per heavy atom. The first-order chi connectivity index (χ1) is 9.22. The summed E-state index contributed by atoms with van der Waals surface area (Å²) in [6.45, 7) is 6.31. The van der Waals surface area contributed by atoms with Gasteiger partial charge in [0, 0.05) is 24.9 Å². The number of aliphatic hydroxyl groups is 1. The molecule has 0 saturated heterocycles. The van der Waals surface area contributed by atoms with Crippen LogP contribution in [0.4, 0.5) is 0 Å². The summed E-state index contributed by atoms with van der Waals surface area (Å²) < 4.78 is 0. The largest absolute Gasteiger partial charge is 0.393 e. The molecule has 0 aromatic carbocycles. The maximum atomic E-state index is 9.85. The maximum absolute atomic E-state index is 9.85. The number of nitrogens with one attached hydrogen (secondary N) is 1. The van der Waals surface area contributed by atoms with Crippen LogP contribution in [0.1, 0.15) is 45.2 Å². The van der Waals surface area contributed by atoms with Gasteiger partial charge in [-0.3, -0.25) is 4.98 Å². The van der Waals surface area contributed by atoms with Gasteiger partial charge in [0.25, 0.3) is 0 Å². The van der Waals surface area contributed by atoms with Crippen molar-refractivity contribution in [2.45, 2.75) is 52.1 Å². The topological polar surface area (TPSA) is 45.1 Å². The van der Waals surface area contributed by atoms with Crippen LogP contribution in [0.15, 0.2) is 24.4 Å². The number of aromatic nitrogens is 1. The van der Waals surface area contributed by atoms with Crippen LogP contribution in [0.25, 0.3) is 0 Å². The number of pyridine rings is 1. The van der Waals surface area contributed by atoms with Gasteiger partial charge in [-0.2, -0.15) is 0 Å². The molecule has 0 fully saturated rings. The van der Waals surface area contributed by atoms with Gasteiger partial charge < -0.3 is 10.4 Å². The Morgan fingerprint density at radius 3 is 2.84 bits per heavy atom. The molecule has 1 heterocycles. The molecule has 108 valence electrons. The molecule has 0 aliphatic heterocycles. The number of rotatable bonds is 10. The zero-order valence-electron chi connectivity index (χ0n) is 12.3. The lowest BCUT2D eigenvalue weighted by Gasteiger charge is -2.14. The molecule has 19 heavy (non-hydrogen) atoms. The van der Waals surface area contributed by atoms with Crippen molar-refractivity contribution in [3.8, 4) is 0 Å². The van der Waals surface area contributed by atoms with E-state index in [-0.39, 0.29) is 6.10 Å². The summed E-state index contributed by atoms with van der Waals surface area (Å²) in [4.78, 5) is 4.29. The van der Waals surface area contributed by atoms with Gasteiger partial charge in [0.05, 0.1) is 6.10 Å². The molecule has 2 atom stereocenters. The fourth-order valence-electron chi connectivity index (χ4n) is 2.10. The summed E-state index contributed by atoms with van der Waals surface area (Å²) in [5.41, 5.74) is 1.13. The van der Waals surface area contributed by atoms with Gasteiger partial charge in [-0.1, -0.05) is 26.3 Å². The Labute approximate surface area is 117 Å². The second-order valence-electron chi connectivity index (χ2n) is 5.37. The maximum Gasteiger partial charge on any atom is 0.0543 e. The number of hydrogen-bond donors (Lipinski definition) is 2. The minimum absolute atomic E-state index is 0.132.